The number of fused-ring (bicyclic) bond motifs is 1. The first-order valence-electron chi connectivity index (χ1n) is 9.35. The number of hydrogen-bond donors (Lipinski definition) is 3. The van der Waals surface area contributed by atoms with Crippen molar-refractivity contribution in [3.63, 3.8) is 0 Å². The highest BCUT2D eigenvalue weighted by Gasteiger charge is 2.23. The quantitative estimate of drug-likeness (QED) is 0.619. The first-order valence-corrected chi connectivity index (χ1v) is 10.8. The summed E-state index contributed by atoms with van der Waals surface area (Å²) in [6.45, 7) is 4.88. The Morgan fingerprint density at radius 3 is 2.75 bits per heavy atom. The van der Waals surface area contributed by atoms with Crippen LogP contribution in [0.15, 0.2) is 23.1 Å². The van der Waals surface area contributed by atoms with Crippen molar-refractivity contribution in [3.8, 4) is 11.5 Å². The summed E-state index contributed by atoms with van der Waals surface area (Å²) in [4.78, 5) is 12.2. The molecule has 10 heteroatoms. The molecule has 0 bridgehead atoms. The van der Waals surface area contributed by atoms with Crippen LogP contribution in [0.3, 0.4) is 0 Å². The van der Waals surface area contributed by atoms with Crippen LogP contribution in [0.1, 0.15) is 26.2 Å². The summed E-state index contributed by atoms with van der Waals surface area (Å²) in [6.07, 6.45) is 1.86. The predicted molar refractivity (Wildman–Crippen MR) is 108 cm³/mol. The molecule has 0 aromatic heterocycles. The monoisotopic (exact) mass is 433 g/mol. The van der Waals surface area contributed by atoms with Gasteiger partial charge in [-0.25, -0.2) is 13.1 Å². The maximum absolute atomic E-state index is 12.5. The smallest absolute Gasteiger partial charge is 0.240 e. The highest BCUT2D eigenvalue weighted by atomic mass is 35.5. The first-order chi connectivity index (χ1) is 13.0. The second-order valence-corrected chi connectivity index (χ2v) is 8.72. The van der Waals surface area contributed by atoms with Crippen molar-refractivity contribution in [1.29, 1.82) is 0 Å². The molecule has 1 aromatic carbocycles. The lowest BCUT2D eigenvalue weighted by molar-refractivity contribution is -0.122. The lowest BCUT2D eigenvalue weighted by atomic mass is 9.95. The van der Waals surface area contributed by atoms with E-state index in [0.717, 1.165) is 25.9 Å². The van der Waals surface area contributed by atoms with Crippen LogP contribution >= 0.6 is 12.4 Å². The van der Waals surface area contributed by atoms with E-state index in [1.165, 1.54) is 12.1 Å². The summed E-state index contributed by atoms with van der Waals surface area (Å²) in [5.74, 6) is 1.22. The molecule has 2 atom stereocenters. The molecule has 158 valence electrons. The number of piperidine rings is 1. The Balaban J connectivity index is 0.00000280. The fraction of sp³-hybridized carbons (Fsp3) is 0.611. The Bertz CT molecular complexity index is 774. The fourth-order valence-electron chi connectivity index (χ4n) is 3.15. The van der Waals surface area contributed by atoms with Crippen LogP contribution in [0.25, 0.3) is 0 Å². The number of carbonyl (C=O) groups excluding carboxylic acids is 1. The van der Waals surface area contributed by atoms with Crippen molar-refractivity contribution < 1.29 is 22.7 Å². The van der Waals surface area contributed by atoms with E-state index in [-0.39, 0.29) is 42.2 Å². The summed E-state index contributed by atoms with van der Waals surface area (Å²) < 4.78 is 38.5. The van der Waals surface area contributed by atoms with E-state index in [2.05, 4.69) is 22.3 Å². The van der Waals surface area contributed by atoms with E-state index in [4.69, 9.17) is 9.47 Å². The molecule has 0 saturated carbocycles. The Kier molecular flexibility index (Phi) is 8.36. The Morgan fingerprint density at radius 2 is 2.00 bits per heavy atom. The van der Waals surface area contributed by atoms with Gasteiger partial charge in [0.2, 0.25) is 15.9 Å². The maximum atomic E-state index is 12.5. The van der Waals surface area contributed by atoms with Crippen LogP contribution in [-0.4, -0.2) is 53.2 Å². The van der Waals surface area contributed by atoms with Gasteiger partial charge in [-0.15, -0.1) is 12.4 Å². The SMILES string of the molecule is CC1CCNCC1NC(=O)CCNS(=O)(=O)c1ccc2c(c1)OCCCO2.Cl. The van der Waals surface area contributed by atoms with Gasteiger partial charge in [0.1, 0.15) is 0 Å². The van der Waals surface area contributed by atoms with Crippen LogP contribution in [0, 0.1) is 5.92 Å². The van der Waals surface area contributed by atoms with Gasteiger partial charge in [0.25, 0.3) is 0 Å². The Labute approximate surface area is 172 Å². The normalized spacial score (nSPS) is 21.9. The third-order valence-electron chi connectivity index (χ3n) is 4.85. The van der Waals surface area contributed by atoms with Crippen molar-refractivity contribution >= 4 is 28.3 Å². The number of nitrogens with one attached hydrogen (secondary N) is 3. The average Bonchev–Trinajstić information content (AvgIpc) is 2.88. The molecule has 2 aliphatic heterocycles. The molecular formula is C18H28ClN3O5S. The fourth-order valence-corrected chi connectivity index (χ4v) is 4.20. The standard InChI is InChI=1S/C18H27N3O5S.ClH/c1-13-5-7-19-12-15(13)21-18(22)6-8-20-27(23,24)14-3-4-16-17(11-14)26-10-2-9-25-16;/h3-4,11,13,15,19-20H,2,5-10,12H2,1H3,(H,21,22);1H. The summed E-state index contributed by atoms with van der Waals surface area (Å²) in [5, 5.41) is 6.22. The third kappa shape index (κ3) is 5.97. The molecule has 3 N–H and O–H groups in total. The zero-order chi connectivity index (χ0) is 19.3. The predicted octanol–water partition coefficient (Wildman–Crippen LogP) is 1.05. The molecule has 28 heavy (non-hydrogen) atoms. The summed E-state index contributed by atoms with van der Waals surface area (Å²) in [5.41, 5.74) is 0. The average molecular weight is 434 g/mol. The molecule has 2 aliphatic rings. The van der Waals surface area contributed by atoms with Gasteiger partial charge in [0.15, 0.2) is 11.5 Å². The number of sulfonamides is 1. The van der Waals surface area contributed by atoms with Crippen molar-refractivity contribution in [2.24, 2.45) is 5.92 Å². The molecule has 2 heterocycles. The van der Waals surface area contributed by atoms with Gasteiger partial charge in [0, 0.05) is 38.0 Å². The van der Waals surface area contributed by atoms with Gasteiger partial charge in [-0.2, -0.15) is 0 Å². The number of halogens is 1. The number of ether oxygens (including phenoxy) is 2. The minimum Gasteiger partial charge on any atom is -0.490 e. The topological polar surface area (TPSA) is 106 Å². The van der Waals surface area contributed by atoms with Gasteiger partial charge >= 0.3 is 0 Å². The van der Waals surface area contributed by atoms with Crippen molar-refractivity contribution in [2.45, 2.75) is 37.1 Å². The Morgan fingerprint density at radius 1 is 1.25 bits per heavy atom. The van der Waals surface area contributed by atoms with E-state index in [1.807, 2.05) is 0 Å². The highest BCUT2D eigenvalue weighted by molar-refractivity contribution is 7.89. The van der Waals surface area contributed by atoms with E-state index in [1.54, 1.807) is 6.07 Å². The maximum Gasteiger partial charge on any atom is 0.240 e. The lowest BCUT2D eigenvalue weighted by Gasteiger charge is -2.30. The van der Waals surface area contributed by atoms with Gasteiger partial charge in [-0.05, 0) is 31.0 Å². The molecule has 0 spiro atoms. The number of hydrogen-bond acceptors (Lipinski definition) is 6. The molecule has 8 nitrogen and oxygen atoms in total. The number of rotatable bonds is 6. The molecule has 2 unspecified atom stereocenters. The van der Waals surface area contributed by atoms with Crippen LogP contribution < -0.4 is 24.8 Å². The molecule has 0 radical (unpaired) electrons. The van der Waals surface area contributed by atoms with E-state index >= 15 is 0 Å². The molecule has 1 amide bonds. The summed E-state index contributed by atoms with van der Waals surface area (Å²) in [7, 11) is -3.72. The zero-order valence-electron chi connectivity index (χ0n) is 15.9. The minimum atomic E-state index is -3.72. The van der Waals surface area contributed by atoms with Crippen LogP contribution in [0.5, 0.6) is 11.5 Å². The van der Waals surface area contributed by atoms with Gasteiger partial charge in [0.05, 0.1) is 18.1 Å². The molecule has 1 aromatic rings. The third-order valence-corrected chi connectivity index (χ3v) is 6.31. The molecular weight excluding hydrogens is 406 g/mol. The zero-order valence-corrected chi connectivity index (χ0v) is 17.5. The van der Waals surface area contributed by atoms with Crippen molar-refractivity contribution in [1.82, 2.24) is 15.4 Å². The van der Waals surface area contributed by atoms with E-state index in [9.17, 15) is 13.2 Å². The molecule has 1 fully saturated rings. The second-order valence-electron chi connectivity index (χ2n) is 6.95. The van der Waals surface area contributed by atoms with Gasteiger partial charge in [-0.3, -0.25) is 4.79 Å². The minimum absolute atomic E-state index is 0. The van der Waals surface area contributed by atoms with Crippen LogP contribution in [0.4, 0.5) is 0 Å². The van der Waals surface area contributed by atoms with Crippen LogP contribution in [-0.2, 0) is 14.8 Å². The van der Waals surface area contributed by atoms with Crippen LogP contribution in [0.2, 0.25) is 0 Å². The molecule has 0 aliphatic carbocycles. The van der Waals surface area contributed by atoms with Crippen molar-refractivity contribution in [2.75, 3.05) is 32.8 Å². The lowest BCUT2D eigenvalue weighted by Crippen LogP contribution is -2.50. The second kappa shape index (κ2) is 10.3. The number of carbonyl (C=O) groups is 1. The summed E-state index contributed by atoms with van der Waals surface area (Å²) in [6, 6.07) is 4.62. The first kappa shape index (κ1) is 22.7. The number of benzene rings is 1. The van der Waals surface area contributed by atoms with Crippen molar-refractivity contribution in [3.05, 3.63) is 18.2 Å². The number of amides is 1. The van der Waals surface area contributed by atoms with E-state index in [0.29, 0.717) is 30.6 Å². The van der Waals surface area contributed by atoms with Gasteiger partial charge in [-0.1, -0.05) is 6.92 Å². The summed E-state index contributed by atoms with van der Waals surface area (Å²) >= 11 is 0. The van der Waals surface area contributed by atoms with Gasteiger partial charge < -0.3 is 20.1 Å². The molecule has 1 saturated heterocycles. The van der Waals surface area contributed by atoms with E-state index < -0.39 is 10.0 Å². The molecule has 3 rings (SSSR count). The Hall–Kier alpha value is -1.55. The largest absolute Gasteiger partial charge is 0.490 e. The highest BCUT2D eigenvalue weighted by Crippen LogP contribution is 2.31.